The van der Waals surface area contributed by atoms with Gasteiger partial charge in [-0.05, 0) is 65.7 Å². The van der Waals surface area contributed by atoms with Gasteiger partial charge in [0.2, 0.25) is 11.9 Å². The van der Waals surface area contributed by atoms with Crippen LogP contribution in [0.4, 0.5) is 5.69 Å². The van der Waals surface area contributed by atoms with Gasteiger partial charge in [0, 0.05) is 22.6 Å². The Labute approximate surface area is 170 Å². The fraction of sp³-hybridized carbons (Fsp3) is 0.364. The van der Waals surface area contributed by atoms with Crippen molar-refractivity contribution < 1.29 is 4.79 Å². The van der Waals surface area contributed by atoms with Crippen molar-refractivity contribution in [3.63, 3.8) is 0 Å². The zero-order valence-electron chi connectivity index (χ0n) is 18.0. The molecule has 7 nitrogen and oxygen atoms in total. The molecule has 152 valence electrons. The summed E-state index contributed by atoms with van der Waals surface area (Å²) in [6.45, 7) is 13.1. The van der Waals surface area contributed by atoms with E-state index >= 15 is 0 Å². The highest BCUT2D eigenvalue weighted by Gasteiger charge is 2.18. The number of carbonyl (C=O) groups excluding carboxylic acids is 1. The van der Waals surface area contributed by atoms with Gasteiger partial charge in [0.1, 0.15) is 6.54 Å². The molecule has 0 unspecified atom stereocenters. The number of rotatable bonds is 4. The van der Waals surface area contributed by atoms with E-state index < -0.39 is 0 Å². The van der Waals surface area contributed by atoms with E-state index in [0.717, 1.165) is 33.8 Å². The van der Waals surface area contributed by atoms with E-state index in [2.05, 4.69) is 15.4 Å². The topological polar surface area (TPSA) is 81.8 Å². The summed E-state index contributed by atoms with van der Waals surface area (Å²) in [6.07, 6.45) is 0. The van der Waals surface area contributed by atoms with Crippen molar-refractivity contribution in [2.24, 2.45) is 0 Å². The maximum Gasteiger partial charge on any atom is 0.258 e. The van der Waals surface area contributed by atoms with Crippen molar-refractivity contribution in [1.29, 1.82) is 0 Å². The van der Waals surface area contributed by atoms with E-state index in [-0.39, 0.29) is 18.0 Å². The zero-order chi connectivity index (χ0) is 21.5. The minimum absolute atomic E-state index is 0.145. The summed E-state index contributed by atoms with van der Waals surface area (Å²) in [5, 5.41) is 7.40. The second kappa shape index (κ2) is 7.66. The number of nitrogens with one attached hydrogen (secondary N) is 1. The lowest BCUT2D eigenvalue weighted by Gasteiger charge is -2.17. The van der Waals surface area contributed by atoms with Crippen LogP contribution in [0.3, 0.4) is 0 Å². The van der Waals surface area contributed by atoms with E-state index in [9.17, 15) is 9.59 Å². The lowest BCUT2D eigenvalue weighted by Crippen LogP contribution is -2.34. The van der Waals surface area contributed by atoms with Gasteiger partial charge < -0.3 is 5.32 Å². The van der Waals surface area contributed by atoms with Crippen molar-refractivity contribution in [3.8, 4) is 5.95 Å². The predicted octanol–water partition coefficient (Wildman–Crippen LogP) is 3.23. The third kappa shape index (κ3) is 3.99. The molecule has 0 aliphatic rings. The summed E-state index contributed by atoms with van der Waals surface area (Å²) in [4.78, 5) is 30.4. The van der Waals surface area contributed by atoms with Crippen LogP contribution in [0.15, 0.2) is 23.0 Å². The molecule has 0 aliphatic heterocycles. The van der Waals surface area contributed by atoms with Crippen LogP contribution in [-0.2, 0) is 11.3 Å². The molecule has 0 atom stereocenters. The van der Waals surface area contributed by atoms with Gasteiger partial charge in [-0.1, -0.05) is 17.7 Å². The third-order valence-corrected chi connectivity index (χ3v) is 5.06. The molecule has 0 aliphatic carbocycles. The second-order valence-electron chi connectivity index (χ2n) is 7.67. The van der Waals surface area contributed by atoms with Crippen LogP contribution in [0.5, 0.6) is 0 Å². The summed E-state index contributed by atoms with van der Waals surface area (Å²) in [5.74, 6) is 0.0613. The maximum atomic E-state index is 13.0. The number of hydrogen-bond donors (Lipinski definition) is 1. The zero-order valence-corrected chi connectivity index (χ0v) is 18.0. The number of benzene rings is 1. The number of amides is 1. The summed E-state index contributed by atoms with van der Waals surface area (Å²) in [7, 11) is 0. The molecule has 0 fully saturated rings. The number of aryl methyl sites for hydroxylation is 6. The number of nitrogens with zero attached hydrogens (tertiary/aromatic N) is 4. The first-order valence-electron chi connectivity index (χ1n) is 9.58. The van der Waals surface area contributed by atoms with E-state index in [1.54, 1.807) is 18.5 Å². The van der Waals surface area contributed by atoms with Crippen LogP contribution >= 0.6 is 0 Å². The van der Waals surface area contributed by atoms with Gasteiger partial charge in [0.05, 0.1) is 5.69 Å². The van der Waals surface area contributed by atoms with Crippen LogP contribution in [0.1, 0.15) is 39.3 Å². The van der Waals surface area contributed by atoms with Gasteiger partial charge in [-0.15, -0.1) is 0 Å². The Morgan fingerprint density at radius 3 is 2.17 bits per heavy atom. The molecular formula is C22H27N5O2. The normalized spacial score (nSPS) is 11.0. The van der Waals surface area contributed by atoms with Crippen LogP contribution < -0.4 is 10.9 Å². The Balaban J connectivity index is 2.03. The van der Waals surface area contributed by atoms with Crippen molar-refractivity contribution in [3.05, 3.63) is 67.9 Å². The van der Waals surface area contributed by atoms with Gasteiger partial charge in [-0.3, -0.25) is 14.2 Å². The van der Waals surface area contributed by atoms with Crippen molar-refractivity contribution in [1.82, 2.24) is 19.3 Å². The number of carbonyl (C=O) groups is 1. The molecule has 0 saturated carbocycles. The Hall–Kier alpha value is -3.22. The molecule has 29 heavy (non-hydrogen) atoms. The van der Waals surface area contributed by atoms with Gasteiger partial charge >= 0.3 is 0 Å². The Morgan fingerprint density at radius 1 is 1.00 bits per heavy atom. The lowest BCUT2D eigenvalue weighted by atomic mass is 10.1. The van der Waals surface area contributed by atoms with Crippen molar-refractivity contribution in [2.45, 2.75) is 55.0 Å². The Morgan fingerprint density at radius 2 is 1.62 bits per heavy atom. The monoisotopic (exact) mass is 393 g/mol. The highest BCUT2D eigenvalue weighted by Crippen LogP contribution is 2.22. The van der Waals surface area contributed by atoms with E-state index in [4.69, 9.17) is 0 Å². The first kappa shape index (κ1) is 20.5. The molecule has 2 aromatic heterocycles. The molecule has 0 saturated heterocycles. The van der Waals surface area contributed by atoms with E-state index in [1.807, 2.05) is 52.8 Å². The quantitative estimate of drug-likeness (QED) is 0.738. The minimum atomic E-state index is -0.282. The van der Waals surface area contributed by atoms with Gasteiger partial charge in [0.15, 0.2) is 0 Å². The molecule has 1 amide bonds. The highest BCUT2D eigenvalue weighted by atomic mass is 16.2. The maximum absolute atomic E-state index is 13.0. The average Bonchev–Trinajstić information content (AvgIpc) is 2.96. The van der Waals surface area contributed by atoms with Crippen LogP contribution in [0, 0.1) is 48.5 Å². The molecule has 0 radical (unpaired) electrons. The predicted molar refractivity (Wildman–Crippen MR) is 114 cm³/mol. The number of anilines is 1. The number of hydrogen-bond acceptors (Lipinski definition) is 4. The van der Waals surface area contributed by atoms with Gasteiger partial charge in [0.25, 0.3) is 5.56 Å². The molecule has 3 aromatic rings. The van der Waals surface area contributed by atoms with Crippen molar-refractivity contribution in [2.75, 3.05) is 5.32 Å². The number of aromatic nitrogens is 4. The Bertz CT molecular complexity index is 1150. The summed E-state index contributed by atoms with van der Waals surface area (Å²) >= 11 is 0. The van der Waals surface area contributed by atoms with E-state index in [1.165, 1.54) is 4.57 Å². The summed E-state index contributed by atoms with van der Waals surface area (Å²) in [5.41, 5.74) is 6.45. The first-order chi connectivity index (χ1) is 13.6. The fourth-order valence-electron chi connectivity index (χ4n) is 3.58. The molecule has 1 aromatic carbocycles. The fourth-order valence-corrected chi connectivity index (χ4v) is 3.58. The Kier molecular flexibility index (Phi) is 5.42. The molecule has 3 rings (SSSR count). The van der Waals surface area contributed by atoms with Crippen molar-refractivity contribution >= 4 is 11.6 Å². The SMILES string of the molecule is Cc1cc(C)c(NC(=O)Cn2c(-n3nc(C)cc3C)nc(C)c(C)c2=O)c(C)c1. The first-order valence-corrected chi connectivity index (χ1v) is 9.58. The molecule has 2 heterocycles. The van der Waals surface area contributed by atoms with E-state index in [0.29, 0.717) is 17.2 Å². The van der Waals surface area contributed by atoms with Gasteiger partial charge in [-0.25, -0.2) is 9.67 Å². The molecule has 7 heteroatoms. The smallest absolute Gasteiger partial charge is 0.258 e. The molecule has 1 N–H and O–H groups in total. The largest absolute Gasteiger partial charge is 0.324 e. The van der Waals surface area contributed by atoms with Crippen LogP contribution in [0.2, 0.25) is 0 Å². The summed E-state index contributed by atoms with van der Waals surface area (Å²) in [6, 6.07) is 5.95. The molecule has 0 bridgehead atoms. The molecule has 0 spiro atoms. The van der Waals surface area contributed by atoms with Gasteiger partial charge in [-0.2, -0.15) is 5.10 Å². The average molecular weight is 393 g/mol. The highest BCUT2D eigenvalue weighted by molar-refractivity contribution is 5.92. The summed E-state index contributed by atoms with van der Waals surface area (Å²) < 4.78 is 2.99. The second-order valence-corrected chi connectivity index (χ2v) is 7.67. The third-order valence-electron chi connectivity index (χ3n) is 5.06. The van der Waals surface area contributed by atoms with Crippen LogP contribution in [-0.4, -0.2) is 25.2 Å². The van der Waals surface area contributed by atoms with Crippen LogP contribution in [0.25, 0.3) is 5.95 Å². The molecular weight excluding hydrogens is 366 g/mol. The minimum Gasteiger partial charge on any atom is -0.324 e. The standard InChI is InChI=1S/C22H27N5O2/c1-12-8-13(2)20(14(3)9-12)24-19(28)11-26-21(29)17(6)18(7)23-22(26)27-16(5)10-15(4)25-27/h8-10H,11H2,1-7H3,(H,24,28). The lowest BCUT2D eigenvalue weighted by molar-refractivity contribution is -0.116.